The molecule has 154 valence electrons. The van der Waals surface area contributed by atoms with Gasteiger partial charge < -0.3 is 20.1 Å². The zero-order valence-electron chi connectivity index (χ0n) is 16.3. The highest BCUT2D eigenvalue weighted by Gasteiger charge is 2.22. The first-order valence-electron chi connectivity index (χ1n) is 8.85. The van der Waals surface area contributed by atoms with Crippen molar-refractivity contribution >= 4 is 17.9 Å². The summed E-state index contributed by atoms with van der Waals surface area (Å²) in [6.45, 7) is 2.34. The van der Waals surface area contributed by atoms with Crippen molar-refractivity contribution in [3.63, 3.8) is 0 Å². The van der Waals surface area contributed by atoms with E-state index in [-0.39, 0.29) is 5.56 Å². The van der Waals surface area contributed by atoms with E-state index in [1.54, 1.807) is 18.2 Å². The van der Waals surface area contributed by atoms with E-state index in [4.69, 9.17) is 9.47 Å². The number of amides is 2. The molecule has 8 heteroatoms. The predicted octanol–water partition coefficient (Wildman–Crippen LogP) is 2.99. The Kier molecular flexibility index (Phi) is 7.70. The Hall–Kier alpha value is -3.42. The van der Waals surface area contributed by atoms with Gasteiger partial charge in [-0.25, -0.2) is 8.78 Å². The van der Waals surface area contributed by atoms with Crippen LogP contribution in [0.5, 0.6) is 11.5 Å². The first-order chi connectivity index (χ1) is 13.9. The van der Waals surface area contributed by atoms with Crippen molar-refractivity contribution in [1.82, 2.24) is 10.6 Å². The third-order valence-corrected chi connectivity index (χ3v) is 3.99. The van der Waals surface area contributed by atoms with E-state index in [0.717, 1.165) is 12.1 Å². The van der Waals surface area contributed by atoms with Crippen LogP contribution in [-0.2, 0) is 9.59 Å². The van der Waals surface area contributed by atoms with Gasteiger partial charge in [0, 0.05) is 13.1 Å². The maximum Gasteiger partial charge on any atom is 0.246 e. The van der Waals surface area contributed by atoms with E-state index in [1.807, 2.05) is 6.92 Å². The third-order valence-electron chi connectivity index (χ3n) is 3.99. The quantitative estimate of drug-likeness (QED) is 0.664. The van der Waals surface area contributed by atoms with Crippen molar-refractivity contribution in [3.8, 4) is 11.5 Å². The number of benzene rings is 2. The number of nitrogens with one attached hydrogen (secondary N) is 2. The van der Waals surface area contributed by atoms with Gasteiger partial charge >= 0.3 is 0 Å². The summed E-state index contributed by atoms with van der Waals surface area (Å²) in [6, 6.07) is 6.98. The summed E-state index contributed by atoms with van der Waals surface area (Å²) in [5.41, 5.74) is 0.789. The monoisotopic (exact) mass is 404 g/mol. The van der Waals surface area contributed by atoms with Crippen LogP contribution in [0.3, 0.4) is 0 Å². The zero-order valence-corrected chi connectivity index (χ0v) is 16.3. The number of hydrogen-bond donors (Lipinski definition) is 2. The van der Waals surface area contributed by atoms with Crippen molar-refractivity contribution in [2.75, 3.05) is 20.8 Å². The summed E-state index contributed by atoms with van der Waals surface area (Å²) in [7, 11) is 2.89. The Balaban J connectivity index is 2.17. The molecule has 0 aromatic heterocycles. The molecule has 29 heavy (non-hydrogen) atoms. The minimum atomic E-state index is -1.18. The van der Waals surface area contributed by atoms with Crippen molar-refractivity contribution in [3.05, 3.63) is 65.2 Å². The largest absolute Gasteiger partial charge is 0.493 e. The average Bonchev–Trinajstić information content (AvgIpc) is 2.73. The topological polar surface area (TPSA) is 76.7 Å². The second kappa shape index (κ2) is 10.2. The Morgan fingerprint density at radius 3 is 2.48 bits per heavy atom. The van der Waals surface area contributed by atoms with Gasteiger partial charge in [0.1, 0.15) is 6.04 Å². The molecule has 1 unspecified atom stereocenters. The molecule has 0 bridgehead atoms. The van der Waals surface area contributed by atoms with Gasteiger partial charge in [-0.2, -0.15) is 0 Å². The second-order valence-corrected chi connectivity index (χ2v) is 5.91. The van der Waals surface area contributed by atoms with Gasteiger partial charge in [-0.05, 0) is 48.4 Å². The molecule has 0 aliphatic carbocycles. The van der Waals surface area contributed by atoms with Crippen molar-refractivity contribution in [2.24, 2.45) is 0 Å². The number of carbonyl (C=O) groups is 2. The van der Waals surface area contributed by atoms with Crippen LogP contribution >= 0.6 is 0 Å². The molecule has 2 amide bonds. The van der Waals surface area contributed by atoms with Crippen LogP contribution in [-0.4, -0.2) is 32.6 Å². The van der Waals surface area contributed by atoms with E-state index in [0.29, 0.717) is 23.7 Å². The standard InChI is InChI=1S/C21H22F2N2O4/c1-4-29-17-9-5-13(11-18(17)28-3)6-10-19(26)25-20(21(27)24-2)14-7-8-15(22)16(23)12-14/h5-12,20H,4H2,1-3H3,(H,24,27)(H,25,26)/b10-6+. The Morgan fingerprint density at radius 2 is 1.86 bits per heavy atom. The highest BCUT2D eigenvalue weighted by Crippen LogP contribution is 2.28. The summed E-state index contributed by atoms with van der Waals surface area (Å²) in [4.78, 5) is 24.4. The molecule has 2 N–H and O–H groups in total. The Labute approximate surface area is 167 Å². The summed E-state index contributed by atoms with van der Waals surface area (Å²) in [5, 5.41) is 4.86. The summed E-state index contributed by atoms with van der Waals surface area (Å²) < 4.78 is 37.4. The fraction of sp³-hybridized carbons (Fsp3) is 0.238. The normalized spacial score (nSPS) is 11.8. The molecule has 6 nitrogen and oxygen atoms in total. The lowest BCUT2D eigenvalue weighted by molar-refractivity contribution is -0.126. The van der Waals surface area contributed by atoms with Crippen molar-refractivity contribution < 1.29 is 27.8 Å². The first kappa shape index (κ1) is 21.9. The lowest BCUT2D eigenvalue weighted by Crippen LogP contribution is -2.38. The minimum absolute atomic E-state index is 0.118. The van der Waals surface area contributed by atoms with Crippen LogP contribution in [0.25, 0.3) is 6.08 Å². The van der Waals surface area contributed by atoms with E-state index >= 15 is 0 Å². The Bertz CT molecular complexity index is 916. The highest BCUT2D eigenvalue weighted by atomic mass is 19.2. The van der Waals surface area contributed by atoms with Crippen molar-refractivity contribution in [2.45, 2.75) is 13.0 Å². The molecule has 0 spiro atoms. The van der Waals surface area contributed by atoms with E-state index < -0.39 is 29.5 Å². The third kappa shape index (κ3) is 5.78. The number of methoxy groups -OCH3 is 1. The van der Waals surface area contributed by atoms with Crippen molar-refractivity contribution in [1.29, 1.82) is 0 Å². The van der Waals surface area contributed by atoms with Crippen LogP contribution < -0.4 is 20.1 Å². The lowest BCUT2D eigenvalue weighted by Gasteiger charge is -2.17. The first-order valence-corrected chi connectivity index (χ1v) is 8.85. The molecule has 2 aromatic carbocycles. The number of likely N-dealkylation sites (N-methyl/N-ethyl adjacent to an activating group) is 1. The smallest absolute Gasteiger partial charge is 0.246 e. The van der Waals surface area contributed by atoms with E-state index in [2.05, 4.69) is 10.6 Å². The van der Waals surface area contributed by atoms with Gasteiger partial charge in [0.05, 0.1) is 13.7 Å². The number of carbonyl (C=O) groups excluding carboxylic acids is 2. The molecule has 0 saturated heterocycles. The maximum absolute atomic E-state index is 13.5. The molecule has 0 saturated carbocycles. The SMILES string of the molecule is CCOc1ccc(/C=C/C(=O)NC(C(=O)NC)c2ccc(F)c(F)c2)cc1OC. The van der Waals surface area contributed by atoms with Crippen LogP contribution in [0.1, 0.15) is 24.1 Å². The number of hydrogen-bond acceptors (Lipinski definition) is 4. The summed E-state index contributed by atoms with van der Waals surface area (Å²) >= 11 is 0. The fourth-order valence-electron chi connectivity index (χ4n) is 2.56. The van der Waals surface area contributed by atoms with Gasteiger partial charge in [-0.1, -0.05) is 12.1 Å². The van der Waals surface area contributed by atoms with Gasteiger partial charge in [0.2, 0.25) is 11.8 Å². The second-order valence-electron chi connectivity index (χ2n) is 5.91. The molecule has 2 rings (SSSR count). The maximum atomic E-state index is 13.5. The molecular formula is C21H22F2N2O4. The van der Waals surface area contributed by atoms with Crippen LogP contribution in [0.2, 0.25) is 0 Å². The number of rotatable bonds is 8. The van der Waals surface area contributed by atoms with Crippen LogP contribution in [0.15, 0.2) is 42.5 Å². The van der Waals surface area contributed by atoms with Gasteiger partial charge in [-0.3, -0.25) is 9.59 Å². The molecule has 0 aliphatic heterocycles. The highest BCUT2D eigenvalue weighted by molar-refractivity contribution is 5.96. The fourth-order valence-corrected chi connectivity index (χ4v) is 2.56. The lowest BCUT2D eigenvalue weighted by atomic mass is 10.1. The van der Waals surface area contributed by atoms with Crippen LogP contribution in [0, 0.1) is 11.6 Å². The Morgan fingerprint density at radius 1 is 1.10 bits per heavy atom. The molecule has 0 heterocycles. The molecule has 2 aromatic rings. The zero-order chi connectivity index (χ0) is 21.4. The van der Waals surface area contributed by atoms with E-state index in [9.17, 15) is 18.4 Å². The minimum Gasteiger partial charge on any atom is -0.493 e. The molecular weight excluding hydrogens is 382 g/mol. The van der Waals surface area contributed by atoms with Gasteiger partial charge in [-0.15, -0.1) is 0 Å². The van der Waals surface area contributed by atoms with Crippen LogP contribution in [0.4, 0.5) is 8.78 Å². The number of ether oxygens (including phenoxy) is 2. The molecule has 0 radical (unpaired) electrons. The molecule has 1 atom stereocenters. The predicted molar refractivity (Wildman–Crippen MR) is 105 cm³/mol. The van der Waals surface area contributed by atoms with E-state index in [1.165, 1.54) is 32.4 Å². The summed E-state index contributed by atoms with van der Waals surface area (Å²) in [5.74, 6) is -2.21. The van der Waals surface area contributed by atoms with Gasteiger partial charge in [0.25, 0.3) is 0 Å². The van der Waals surface area contributed by atoms with Gasteiger partial charge in [0.15, 0.2) is 23.1 Å². The average molecular weight is 404 g/mol. The molecule has 0 fully saturated rings. The number of halogens is 2. The summed E-state index contributed by atoms with van der Waals surface area (Å²) in [6.07, 6.45) is 2.75. The molecule has 0 aliphatic rings.